The summed E-state index contributed by atoms with van der Waals surface area (Å²) in [6.07, 6.45) is 0. The van der Waals surface area contributed by atoms with Gasteiger partial charge in [0.1, 0.15) is 18.4 Å². The Morgan fingerprint density at radius 2 is 2.11 bits per heavy atom. The lowest BCUT2D eigenvalue weighted by atomic mass is 10.2. The molecule has 0 aliphatic rings. The third-order valence-corrected chi connectivity index (χ3v) is 5.07. The second-order valence-corrected chi connectivity index (χ2v) is 7.61. The van der Waals surface area contributed by atoms with E-state index in [9.17, 15) is 8.42 Å². The van der Waals surface area contributed by atoms with Crippen LogP contribution in [0, 0.1) is 11.3 Å². The van der Waals surface area contributed by atoms with Crippen molar-refractivity contribution in [1.29, 1.82) is 5.26 Å². The maximum Gasteiger partial charge on any atom is 0.155 e. The van der Waals surface area contributed by atoms with Gasteiger partial charge in [-0.15, -0.1) is 0 Å². The number of sulfone groups is 1. The zero-order valence-electron chi connectivity index (χ0n) is 10.2. The number of hydrogen-bond donors (Lipinski definition) is 0. The van der Waals surface area contributed by atoms with E-state index in [-0.39, 0.29) is 12.4 Å². The van der Waals surface area contributed by atoms with Crippen molar-refractivity contribution in [1.82, 2.24) is 0 Å². The van der Waals surface area contributed by atoms with Gasteiger partial charge in [-0.25, -0.2) is 8.42 Å². The highest BCUT2D eigenvalue weighted by atomic mass is 79.9. The van der Waals surface area contributed by atoms with Crippen LogP contribution in [0.15, 0.2) is 22.7 Å². The fourth-order valence-corrected chi connectivity index (χ4v) is 2.37. The largest absolute Gasteiger partial charge is 0.491 e. The van der Waals surface area contributed by atoms with Crippen LogP contribution in [0.25, 0.3) is 0 Å². The Kier molecular flexibility index (Phi) is 5.17. The van der Waals surface area contributed by atoms with Gasteiger partial charge in [0.2, 0.25) is 0 Å². The zero-order chi connectivity index (χ0) is 13.8. The smallest absolute Gasteiger partial charge is 0.155 e. The summed E-state index contributed by atoms with van der Waals surface area (Å²) in [5.74, 6) is 0.352. The van der Waals surface area contributed by atoms with Gasteiger partial charge >= 0.3 is 0 Å². The first-order valence-electron chi connectivity index (χ1n) is 5.41. The van der Waals surface area contributed by atoms with Crippen LogP contribution in [-0.4, -0.2) is 26.0 Å². The minimum atomic E-state index is -3.11. The van der Waals surface area contributed by atoms with Crippen LogP contribution < -0.4 is 4.74 Å². The minimum absolute atomic E-state index is 0.0500. The van der Waals surface area contributed by atoms with Crippen molar-refractivity contribution in [2.24, 2.45) is 0 Å². The lowest BCUT2D eigenvalue weighted by Gasteiger charge is -2.10. The van der Waals surface area contributed by atoms with E-state index in [2.05, 4.69) is 15.9 Å². The van der Waals surface area contributed by atoms with Gasteiger partial charge in [0, 0.05) is 4.47 Å². The molecule has 1 aromatic carbocycles. The van der Waals surface area contributed by atoms with Crippen LogP contribution in [0.3, 0.4) is 0 Å². The van der Waals surface area contributed by atoms with Gasteiger partial charge in [0.15, 0.2) is 9.84 Å². The van der Waals surface area contributed by atoms with E-state index in [1.54, 1.807) is 32.0 Å². The lowest BCUT2D eigenvalue weighted by Crippen LogP contribution is -2.22. The summed E-state index contributed by atoms with van der Waals surface area (Å²) in [7, 11) is -3.11. The predicted molar refractivity (Wildman–Crippen MR) is 73.3 cm³/mol. The first kappa shape index (κ1) is 15.0. The topological polar surface area (TPSA) is 67.2 Å². The molecule has 0 unspecified atom stereocenters. The molecule has 0 atom stereocenters. The molecule has 4 nitrogen and oxygen atoms in total. The highest BCUT2D eigenvalue weighted by Crippen LogP contribution is 2.22. The van der Waals surface area contributed by atoms with E-state index in [1.165, 1.54) is 0 Å². The van der Waals surface area contributed by atoms with Crippen LogP contribution >= 0.6 is 15.9 Å². The molecule has 0 saturated carbocycles. The normalized spacial score (nSPS) is 11.3. The van der Waals surface area contributed by atoms with E-state index < -0.39 is 15.1 Å². The zero-order valence-corrected chi connectivity index (χ0v) is 12.6. The Labute approximate surface area is 116 Å². The molecule has 0 saturated heterocycles. The summed E-state index contributed by atoms with van der Waals surface area (Å²) in [6.45, 7) is 3.32. The molecule has 0 amide bonds. The van der Waals surface area contributed by atoms with Crippen LogP contribution in [0.5, 0.6) is 5.75 Å². The number of halogens is 1. The van der Waals surface area contributed by atoms with E-state index in [0.29, 0.717) is 11.3 Å². The van der Waals surface area contributed by atoms with Crippen LogP contribution in [0.2, 0.25) is 0 Å². The standard InChI is InChI=1S/C12H14BrNO3S/c1-9(2)18(15,16)6-5-17-12-4-3-11(13)7-10(12)8-14/h3-4,7,9H,5-6H2,1-2H3. The summed E-state index contributed by atoms with van der Waals surface area (Å²) in [5.41, 5.74) is 0.381. The van der Waals surface area contributed by atoms with Crippen molar-refractivity contribution in [2.45, 2.75) is 19.1 Å². The van der Waals surface area contributed by atoms with Crippen molar-refractivity contribution in [3.05, 3.63) is 28.2 Å². The Hall–Kier alpha value is -1.06. The second kappa shape index (κ2) is 6.21. The van der Waals surface area contributed by atoms with Crippen molar-refractivity contribution >= 4 is 25.8 Å². The maximum absolute atomic E-state index is 11.6. The highest BCUT2D eigenvalue weighted by Gasteiger charge is 2.16. The van der Waals surface area contributed by atoms with Crippen LogP contribution in [0.1, 0.15) is 19.4 Å². The fourth-order valence-electron chi connectivity index (χ4n) is 1.22. The Morgan fingerprint density at radius 3 is 2.67 bits per heavy atom. The van der Waals surface area contributed by atoms with Gasteiger partial charge in [0.25, 0.3) is 0 Å². The molecular weight excluding hydrogens is 318 g/mol. The Balaban J connectivity index is 2.69. The van der Waals surface area contributed by atoms with Gasteiger partial charge in [-0.1, -0.05) is 15.9 Å². The molecular formula is C12H14BrNO3S. The first-order chi connectivity index (χ1) is 8.36. The Morgan fingerprint density at radius 1 is 1.44 bits per heavy atom. The van der Waals surface area contributed by atoms with Gasteiger partial charge < -0.3 is 4.74 Å². The maximum atomic E-state index is 11.6. The van der Waals surface area contributed by atoms with Crippen molar-refractivity contribution < 1.29 is 13.2 Å². The molecule has 0 fully saturated rings. The average Bonchev–Trinajstić information content (AvgIpc) is 2.30. The lowest BCUT2D eigenvalue weighted by molar-refractivity contribution is 0.339. The third kappa shape index (κ3) is 4.00. The summed E-state index contributed by atoms with van der Waals surface area (Å²) in [4.78, 5) is 0. The molecule has 0 aliphatic heterocycles. The summed E-state index contributed by atoms with van der Waals surface area (Å²) >= 11 is 3.25. The van der Waals surface area contributed by atoms with Crippen molar-refractivity contribution in [3.8, 4) is 11.8 Å². The number of benzene rings is 1. The quantitative estimate of drug-likeness (QED) is 0.831. The van der Waals surface area contributed by atoms with Gasteiger partial charge in [-0.05, 0) is 32.0 Å². The van der Waals surface area contributed by atoms with E-state index in [1.807, 2.05) is 6.07 Å². The molecule has 18 heavy (non-hydrogen) atoms. The Bertz CT molecular complexity index is 561. The monoisotopic (exact) mass is 331 g/mol. The first-order valence-corrected chi connectivity index (χ1v) is 7.91. The third-order valence-electron chi connectivity index (χ3n) is 2.41. The SMILES string of the molecule is CC(C)S(=O)(=O)CCOc1ccc(Br)cc1C#N. The predicted octanol–water partition coefficient (Wildman–Crippen LogP) is 2.52. The minimum Gasteiger partial charge on any atom is -0.491 e. The summed E-state index contributed by atoms with van der Waals surface area (Å²) in [6, 6.07) is 7.02. The van der Waals surface area contributed by atoms with Crippen molar-refractivity contribution in [3.63, 3.8) is 0 Å². The fraction of sp³-hybridized carbons (Fsp3) is 0.417. The second-order valence-electron chi connectivity index (χ2n) is 4.02. The molecule has 0 spiro atoms. The molecule has 0 heterocycles. The molecule has 1 rings (SSSR count). The van der Waals surface area contributed by atoms with Gasteiger partial charge in [-0.2, -0.15) is 5.26 Å². The van der Waals surface area contributed by atoms with E-state index >= 15 is 0 Å². The number of ether oxygens (including phenoxy) is 1. The van der Waals surface area contributed by atoms with Crippen LogP contribution in [-0.2, 0) is 9.84 Å². The number of nitrogens with zero attached hydrogens (tertiary/aromatic N) is 1. The average molecular weight is 332 g/mol. The van der Waals surface area contributed by atoms with E-state index in [4.69, 9.17) is 10.00 Å². The summed E-state index contributed by atoms with van der Waals surface area (Å²) < 4.78 is 29.3. The molecule has 98 valence electrons. The molecule has 0 aromatic heterocycles. The molecule has 0 bridgehead atoms. The summed E-state index contributed by atoms with van der Waals surface area (Å²) in [5, 5.41) is 8.51. The number of rotatable bonds is 5. The van der Waals surface area contributed by atoms with Gasteiger partial charge in [0.05, 0.1) is 16.6 Å². The molecule has 1 aromatic rings. The number of nitriles is 1. The molecule has 0 N–H and O–H groups in total. The van der Waals surface area contributed by atoms with Crippen molar-refractivity contribution in [2.75, 3.05) is 12.4 Å². The highest BCUT2D eigenvalue weighted by molar-refractivity contribution is 9.10. The van der Waals surface area contributed by atoms with Gasteiger partial charge in [-0.3, -0.25) is 0 Å². The molecule has 6 heteroatoms. The van der Waals surface area contributed by atoms with Crippen LogP contribution in [0.4, 0.5) is 0 Å². The number of hydrogen-bond acceptors (Lipinski definition) is 4. The molecule has 0 radical (unpaired) electrons. The van der Waals surface area contributed by atoms with E-state index in [0.717, 1.165) is 4.47 Å². The molecule has 0 aliphatic carbocycles.